The maximum absolute atomic E-state index is 15.5. The highest BCUT2D eigenvalue weighted by atomic mass is 32.2. The Hall–Kier alpha value is -8.42. The van der Waals surface area contributed by atoms with E-state index >= 15 is 24.0 Å². The van der Waals surface area contributed by atoms with E-state index in [1.807, 2.05) is 18.2 Å². The van der Waals surface area contributed by atoms with E-state index in [0.29, 0.717) is 81.5 Å². The molecule has 6 bridgehead atoms. The number of hydrogen-bond donors (Lipinski definition) is 8. The summed E-state index contributed by atoms with van der Waals surface area (Å²) in [7, 11) is 4.27. The summed E-state index contributed by atoms with van der Waals surface area (Å²) >= 11 is 3.19. The molecule has 9 atom stereocenters. The minimum Gasteiger partial charge on any atom is -0.497 e. The van der Waals surface area contributed by atoms with E-state index in [9.17, 15) is 23.6 Å². The molecule has 3 aliphatic rings. The number of allylic oxidation sites excluding steroid dienone is 1. The monoisotopic (exact) mass is 1320 g/mol. The van der Waals surface area contributed by atoms with Crippen molar-refractivity contribution in [3.8, 4) is 11.5 Å². The SMILES string of the molecule is COc1ccc(C[C@@H]2NC(=O)[C@H]([C@@H](C)OC)NC(=O)[C@@H]3CC/C=C\COc4cccc(c4)C[C@H](NC(=O)[C@@H](C)NC(=O)[C@H](C)NC(=O)CCSCc4cccc(c4)CSCCNC(=O)[C@]4(C)CCCN4C2=O)C(=O)N[C@@H](Cc2c[nH]c4ccc(F)cc24)C(=O)N3C)cc1. The van der Waals surface area contributed by atoms with Gasteiger partial charge in [-0.05, 0) is 124 Å². The standard InChI is InChI=1S/C68H85FN10O12S2/c1-41-60(81)73-42(2)61(82)74-54-35-45-14-12-17-51(33-45)91-29-10-8-9-18-57(78(5)65(86)56(75-62(54)83)36-48-38-71-53-24-21-49(69)37-52(48)53)63(84)77-59(43(3)89-6)64(85)76-55(34-44-19-22-50(90-7)23-20-44)66(87)79-28-13-26-68(79,4)67(88)70-27-31-93-40-47-16-11-15-46(32-47)39-92-30-25-58(80)72-41/h8,10-12,14-17,19-24,32-33,37-38,41-43,54-57,59,71H,9,13,18,25-31,34-36,39-40H2,1-7H3,(H,70,88)(H,72,80)(H,73,81)(H,74,82)(H,75,83)(H,76,85)(H,77,84)/b10-8-/t41-,42+,43+,54-,55-,56-,57-,59-,68-/m0/s1. The summed E-state index contributed by atoms with van der Waals surface area (Å²) in [5, 5.41) is 20.2. The van der Waals surface area contributed by atoms with Crippen LogP contribution in [-0.2, 0) is 78.7 Å². The van der Waals surface area contributed by atoms with Gasteiger partial charge in [0.2, 0.25) is 53.2 Å². The average molecular weight is 1320 g/mol. The van der Waals surface area contributed by atoms with E-state index in [4.69, 9.17) is 14.2 Å². The third-order valence-corrected chi connectivity index (χ3v) is 19.1. The van der Waals surface area contributed by atoms with Crippen LogP contribution in [0.3, 0.4) is 0 Å². The molecule has 0 aliphatic carbocycles. The van der Waals surface area contributed by atoms with Gasteiger partial charge in [-0.1, -0.05) is 60.7 Å². The summed E-state index contributed by atoms with van der Waals surface area (Å²) in [6.07, 6.45) is 4.84. The quantitative estimate of drug-likeness (QED) is 0.100. The number of hydrogen-bond acceptors (Lipinski definition) is 14. The van der Waals surface area contributed by atoms with Gasteiger partial charge in [0.15, 0.2) is 0 Å². The lowest BCUT2D eigenvalue weighted by Crippen LogP contribution is -2.63. The Bertz CT molecular complexity index is 3520. The first kappa shape index (κ1) is 70.4. The number of benzene rings is 4. The van der Waals surface area contributed by atoms with Crippen molar-refractivity contribution < 1.29 is 61.8 Å². The number of nitrogens with zero attached hydrogens (tertiary/aromatic N) is 2. The van der Waals surface area contributed by atoms with Crippen molar-refractivity contribution in [2.75, 3.05) is 52.5 Å². The second-order valence-corrected chi connectivity index (χ2v) is 26.1. The van der Waals surface area contributed by atoms with Crippen LogP contribution in [0, 0.1) is 5.82 Å². The van der Waals surface area contributed by atoms with E-state index in [1.54, 1.807) is 104 Å². The third-order valence-electron chi connectivity index (χ3n) is 17.1. The molecule has 8 rings (SSSR count). The van der Waals surface area contributed by atoms with Crippen LogP contribution < -0.4 is 46.7 Å². The predicted molar refractivity (Wildman–Crippen MR) is 354 cm³/mol. The van der Waals surface area contributed by atoms with Gasteiger partial charge in [0.1, 0.15) is 71.8 Å². The van der Waals surface area contributed by atoms with Gasteiger partial charge >= 0.3 is 0 Å². The van der Waals surface area contributed by atoms with Crippen LogP contribution in [0.4, 0.5) is 4.39 Å². The third kappa shape index (κ3) is 19.1. The van der Waals surface area contributed by atoms with Crippen molar-refractivity contribution in [2.45, 2.75) is 145 Å². The predicted octanol–water partition coefficient (Wildman–Crippen LogP) is 4.95. The minimum absolute atomic E-state index is 0.0187. The Morgan fingerprint density at radius 3 is 2.15 bits per heavy atom. The molecule has 0 radical (unpaired) electrons. The Morgan fingerprint density at radius 2 is 1.41 bits per heavy atom. The van der Waals surface area contributed by atoms with Crippen LogP contribution in [0.15, 0.2) is 109 Å². The van der Waals surface area contributed by atoms with Crippen LogP contribution in [0.5, 0.6) is 11.5 Å². The molecule has 4 aromatic carbocycles. The van der Waals surface area contributed by atoms with Crippen LogP contribution in [0.2, 0.25) is 0 Å². The highest BCUT2D eigenvalue weighted by Gasteiger charge is 2.48. The van der Waals surface area contributed by atoms with E-state index in [2.05, 4.69) is 48.3 Å². The minimum atomic E-state index is -1.49. The molecule has 1 fully saturated rings. The van der Waals surface area contributed by atoms with E-state index < -0.39 is 101 Å². The molecule has 8 N–H and O–H groups in total. The van der Waals surface area contributed by atoms with Gasteiger partial charge in [-0.15, -0.1) is 0 Å². The molecule has 93 heavy (non-hydrogen) atoms. The summed E-state index contributed by atoms with van der Waals surface area (Å²) in [4.78, 5) is 137. The number of carbonyl (C=O) groups is 9. The molecule has 9 amide bonds. The zero-order chi connectivity index (χ0) is 66.8. The zero-order valence-electron chi connectivity index (χ0n) is 53.6. The number of nitrogens with one attached hydrogen (secondary N) is 8. The highest BCUT2D eigenvalue weighted by Crippen LogP contribution is 2.31. The zero-order valence-corrected chi connectivity index (χ0v) is 55.2. The lowest BCUT2D eigenvalue weighted by atomic mass is 9.95. The number of methoxy groups -OCH3 is 2. The Labute approximate surface area is 550 Å². The number of amides is 9. The van der Waals surface area contributed by atoms with Crippen molar-refractivity contribution in [3.05, 3.63) is 143 Å². The first-order valence-corrected chi connectivity index (χ1v) is 33.6. The number of H-pyrrole nitrogens is 1. The van der Waals surface area contributed by atoms with Gasteiger partial charge in [0, 0.05) is 93.0 Å². The van der Waals surface area contributed by atoms with Crippen LogP contribution in [0.25, 0.3) is 10.9 Å². The number of rotatable bonds is 7. The fraction of sp³-hybridized carbons (Fsp3) is 0.456. The van der Waals surface area contributed by atoms with E-state index in [0.717, 1.165) is 11.1 Å². The molecule has 3 aliphatic heterocycles. The second kappa shape index (κ2) is 33.4. The first-order chi connectivity index (χ1) is 44.6. The van der Waals surface area contributed by atoms with Crippen molar-refractivity contribution in [1.29, 1.82) is 0 Å². The molecule has 1 aromatic heterocycles. The molecular formula is C68H85FN10O12S2. The number of fused-ring (bicyclic) bond motifs is 12. The van der Waals surface area contributed by atoms with Crippen molar-refractivity contribution in [2.24, 2.45) is 0 Å². The maximum atomic E-state index is 15.5. The summed E-state index contributed by atoms with van der Waals surface area (Å²) in [6, 6.07) is 16.8. The van der Waals surface area contributed by atoms with E-state index in [-0.39, 0.29) is 63.5 Å². The summed E-state index contributed by atoms with van der Waals surface area (Å²) in [5.74, 6) is -3.10. The van der Waals surface area contributed by atoms with Gasteiger partial charge in [0.25, 0.3) is 0 Å². The van der Waals surface area contributed by atoms with Gasteiger partial charge < -0.3 is 66.2 Å². The maximum Gasteiger partial charge on any atom is 0.246 e. The number of aromatic nitrogens is 1. The van der Waals surface area contributed by atoms with Crippen molar-refractivity contribution in [3.63, 3.8) is 0 Å². The van der Waals surface area contributed by atoms with Crippen LogP contribution >= 0.6 is 23.5 Å². The van der Waals surface area contributed by atoms with Crippen LogP contribution in [-0.4, -0.2) is 174 Å². The van der Waals surface area contributed by atoms with Crippen LogP contribution in [0.1, 0.15) is 87.6 Å². The molecule has 5 aromatic rings. The fourth-order valence-electron chi connectivity index (χ4n) is 11.5. The molecular weight excluding hydrogens is 1230 g/mol. The Balaban J connectivity index is 1.14. The Morgan fingerprint density at radius 1 is 0.720 bits per heavy atom. The smallest absolute Gasteiger partial charge is 0.246 e. The lowest BCUT2D eigenvalue weighted by Gasteiger charge is -2.37. The molecule has 498 valence electrons. The van der Waals surface area contributed by atoms with Crippen molar-refractivity contribution >= 4 is 87.6 Å². The molecule has 4 heterocycles. The summed E-state index contributed by atoms with van der Waals surface area (Å²) < 4.78 is 32.2. The average Bonchev–Trinajstić information content (AvgIpc) is 1.72. The topological polar surface area (TPSA) is 288 Å². The lowest BCUT2D eigenvalue weighted by molar-refractivity contribution is -0.147. The Kier molecular flexibility index (Phi) is 25.3. The first-order valence-electron chi connectivity index (χ1n) is 31.3. The molecule has 0 spiro atoms. The fourth-order valence-corrected chi connectivity index (χ4v) is 13.2. The largest absolute Gasteiger partial charge is 0.497 e. The second-order valence-electron chi connectivity index (χ2n) is 23.9. The molecule has 0 saturated carbocycles. The van der Waals surface area contributed by atoms with Gasteiger partial charge in [-0.25, -0.2) is 4.39 Å². The summed E-state index contributed by atoms with van der Waals surface area (Å²) in [6.45, 7) is 6.83. The van der Waals surface area contributed by atoms with Gasteiger partial charge in [-0.3, -0.25) is 43.2 Å². The number of thioether (sulfide) groups is 2. The highest BCUT2D eigenvalue weighted by molar-refractivity contribution is 7.98. The van der Waals surface area contributed by atoms with Crippen molar-refractivity contribution in [1.82, 2.24) is 52.0 Å². The van der Waals surface area contributed by atoms with Gasteiger partial charge in [0.05, 0.1) is 13.2 Å². The number of likely N-dealkylation sites (N-methyl/N-ethyl adjacent to an activating group) is 1. The molecule has 22 nitrogen and oxygen atoms in total. The number of carbonyl (C=O) groups excluding carboxylic acids is 9. The number of ether oxygens (including phenoxy) is 3. The van der Waals surface area contributed by atoms with E-state index in [1.165, 1.54) is 63.1 Å². The molecule has 25 heteroatoms. The number of halogens is 1. The number of aromatic amines is 1. The summed E-state index contributed by atoms with van der Waals surface area (Å²) in [5.41, 5.74) is 3.03. The molecule has 1 saturated heterocycles. The van der Waals surface area contributed by atoms with Gasteiger partial charge in [-0.2, -0.15) is 23.5 Å². The normalized spacial score (nSPS) is 25.3. The molecule has 0 unspecified atom stereocenters.